The lowest BCUT2D eigenvalue weighted by molar-refractivity contribution is -0.146. The van der Waals surface area contributed by atoms with Crippen molar-refractivity contribution in [3.05, 3.63) is 23.8 Å². The van der Waals surface area contributed by atoms with Crippen molar-refractivity contribution in [1.29, 1.82) is 0 Å². The maximum Gasteiger partial charge on any atom is 0.308 e. The SMILES string of the molecule is CCNC(=NCc1cccc(OC)c1OC)N1CCC(C(=O)OC)CC1.I. The molecule has 7 nitrogen and oxygen atoms in total. The molecule has 1 aliphatic heterocycles. The van der Waals surface area contributed by atoms with E-state index in [0.29, 0.717) is 18.0 Å². The molecule has 1 N–H and O–H groups in total. The summed E-state index contributed by atoms with van der Waals surface area (Å²) >= 11 is 0. The Balaban J connectivity index is 0.00000364. The van der Waals surface area contributed by atoms with E-state index < -0.39 is 0 Å². The number of esters is 1. The third-order valence-electron chi connectivity index (χ3n) is 4.55. The molecular weight excluding hydrogens is 461 g/mol. The zero-order chi connectivity index (χ0) is 18.9. The van der Waals surface area contributed by atoms with Gasteiger partial charge in [-0.05, 0) is 25.8 Å². The van der Waals surface area contributed by atoms with E-state index in [1.165, 1.54) is 7.11 Å². The maximum absolute atomic E-state index is 11.7. The molecule has 0 saturated carbocycles. The van der Waals surface area contributed by atoms with Gasteiger partial charge in [0.15, 0.2) is 17.5 Å². The molecule has 27 heavy (non-hydrogen) atoms. The third kappa shape index (κ3) is 6.15. The minimum Gasteiger partial charge on any atom is -0.493 e. The molecule has 1 aromatic carbocycles. The van der Waals surface area contributed by atoms with E-state index in [9.17, 15) is 4.79 Å². The number of hydrogen-bond acceptors (Lipinski definition) is 5. The van der Waals surface area contributed by atoms with Crippen LogP contribution in [0, 0.1) is 5.92 Å². The molecule has 0 unspecified atom stereocenters. The van der Waals surface area contributed by atoms with Crippen LogP contribution < -0.4 is 14.8 Å². The van der Waals surface area contributed by atoms with Crippen LogP contribution in [-0.2, 0) is 16.1 Å². The maximum atomic E-state index is 11.7. The van der Waals surface area contributed by atoms with Gasteiger partial charge in [-0.1, -0.05) is 12.1 Å². The number of benzene rings is 1. The Hall–Kier alpha value is -1.71. The molecule has 0 atom stereocenters. The second kappa shape index (κ2) is 11.9. The number of nitrogens with one attached hydrogen (secondary N) is 1. The van der Waals surface area contributed by atoms with Crippen molar-refractivity contribution in [3.63, 3.8) is 0 Å². The monoisotopic (exact) mass is 491 g/mol. The Bertz CT molecular complexity index is 631. The third-order valence-corrected chi connectivity index (χ3v) is 4.55. The van der Waals surface area contributed by atoms with Crippen LogP contribution in [0.2, 0.25) is 0 Å². The van der Waals surface area contributed by atoms with Crippen LogP contribution in [-0.4, -0.2) is 57.8 Å². The second-order valence-electron chi connectivity index (χ2n) is 6.11. The highest BCUT2D eigenvalue weighted by Gasteiger charge is 2.27. The molecule has 1 fully saturated rings. The molecule has 1 saturated heterocycles. The molecule has 0 radical (unpaired) electrons. The zero-order valence-corrected chi connectivity index (χ0v) is 18.8. The van der Waals surface area contributed by atoms with E-state index in [1.807, 2.05) is 25.1 Å². The number of piperidine rings is 1. The van der Waals surface area contributed by atoms with Crippen molar-refractivity contribution in [1.82, 2.24) is 10.2 Å². The van der Waals surface area contributed by atoms with Gasteiger partial charge in [0.2, 0.25) is 0 Å². The van der Waals surface area contributed by atoms with Gasteiger partial charge in [0.05, 0.1) is 33.8 Å². The highest BCUT2D eigenvalue weighted by molar-refractivity contribution is 14.0. The number of carbonyl (C=O) groups is 1. The van der Waals surface area contributed by atoms with E-state index in [0.717, 1.165) is 44.0 Å². The largest absolute Gasteiger partial charge is 0.493 e. The Kier molecular flexibility index (Phi) is 10.3. The van der Waals surface area contributed by atoms with Gasteiger partial charge in [-0.2, -0.15) is 0 Å². The fourth-order valence-electron chi connectivity index (χ4n) is 3.16. The Labute approximate surface area is 178 Å². The first-order valence-electron chi connectivity index (χ1n) is 8.95. The van der Waals surface area contributed by atoms with E-state index in [-0.39, 0.29) is 35.9 Å². The summed E-state index contributed by atoms with van der Waals surface area (Å²) in [5.74, 6) is 2.12. The van der Waals surface area contributed by atoms with Crippen LogP contribution in [0.15, 0.2) is 23.2 Å². The van der Waals surface area contributed by atoms with E-state index in [4.69, 9.17) is 19.2 Å². The molecule has 1 aliphatic rings. The first kappa shape index (κ1) is 23.3. The lowest BCUT2D eigenvalue weighted by Gasteiger charge is -2.33. The molecule has 0 aliphatic carbocycles. The van der Waals surface area contributed by atoms with Crippen LogP contribution in [0.3, 0.4) is 0 Å². The Morgan fingerprint density at radius 3 is 2.48 bits per heavy atom. The van der Waals surface area contributed by atoms with Crippen molar-refractivity contribution < 1.29 is 19.0 Å². The first-order chi connectivity index (χ1) is 12.6. The zero-order valence-electron chi connectivity index (χ0n) is 16.5. The van der Waals surface area contributed by atoms with Crippen molar-refractivity contribution in [2.24, 2.45) is 10.9 Å². The molecule has 0 aromatic heterocycles. The summed E-state index contributed by atoms with van der Waals surface area (Å²) in [6.45, 7) is 4.87. The predicted molar refractivity (Wildman–Crippen MR) is 116 cm³/mol. The lowest BCUT2D eigenvalue weighted by atomic mass is 9.97. The van der Waals surface area contributed by atoms with Crippen LogP contribution in [0.4, 0.5) is 0 Å². The van der Waals surface area contributed by atoms with Gasteiger partial charge >= 0.3 is 5.97 Å². The van der Waals surface area contributed by atoms with E-state index in [1.54, 1.807) is 14.2 Å². The predicted octanol–water partition coefficient (Wildman–Crippen LogP) is 2.67. The fourth-order valence-corrected chi connectivity index (χ4v) is 3.16. The highest BCUT2D eigenvalue weighted by atomic mass is 127. The second-order valence-corrected chi connectivity index (χ2v) is 6.11. The van der Waals surface area contributed by atoms with Gasteiger partial charge in [0.1, 0.15) is 0 Å². The van der Waals surface area contributed by atoms with E-state index >= 15 is 0 Å². The minimum atomic E-state index is -0.118. The molecule has 1 aromatic rings. The van der Waals surface area contributed by atoms with Crippen LogP contribution in [0.1, 0.15) is 25.3 Å². The normalized spacial score (nSPS) is 15.0. The lowest BCUT2D eigenvalue weighted by Crippen LogP contribution is -2.46. The molecule has 8 heteroatoms. The number of guanidine groups is 1. The minimum absolute atomic E-state index is 0. The van der Waals surface area contributed by atoms with Gasteiger partial charge < -0.3 is 24.4 Å². The van der Waals surface area contributed by atoms with Gasteiger partial charge in [-0.15, -0.1) is 24.0 Å². The number of nitrogens with zero attached hydrogens (tertiary/aromatic N) is 2. The standard InChI is InChI=1S/C19H29N3O4.HI/c1-5-20-19(22-11-9-14(10-12-22)18(23)26-4)21-13-15-7-6-8-16(24-2)17(15)25-3;/h6-8,14H,5,9-13H2,1-4H3,(H,20,21);1H. The summed E-state index contributed by atoms with van der Waals surface area (Å²) in [5, 5.41) is 3.33. The van der Waals surface area contributed by atoms with Crippen molar-refractivity contribution in [3.8, 4) is 11.5 Å². The molecule has 0 amide bonds. The molecular formula is C19H30IN3O4. The number of aliphatic imine (C=N–C) groups is 1. The summed E-state index contributed by atoms with van der Waals surface area (Å²) in [5.41, 5.74) is 0.965. The topological polar surface area (TPSA) is 72.4 Å². The Morgan fingerprint density at radius 1 is 1.22 bits per heavy atom. The average Bonchev–Trinajstić information content (AvgIpc) is 2.70. The highest BCUT2D eigenvalue weighted by Crippen LogP contribution is 2.31. The molecule has 0 spiro atoms. The number of carbonyl (C=O) groups excluding carboxylic acids is 1. The molecule has 152 valence electrons. The number of likely N-dealkylation sites (tertiary alicyclic amines) is 1. The summed E-state index contributed by atoms with van der Waals surface area (Å²) in [6.07, 6.45) is 1.55. The fraction of sp³-hybridized carbons (Fsp3) is 0.579. The van der Waals surface area contributed by atoms with Crippen LogP contribution in [0.5, 0.6) is 11.5 Å². The smallest absolute Gasteiger partial charge is 0.308 e. The van der Waals surface area contributed by atoms with Gasteiger partial charge in [0, 0.05) is 25.2 Å². The molecule has 1 heterocycles. The van der Waals surface area contributed by atoms with Gasteiger partial charge in [-0.25, -0.2) is 4.99 Å². The number of hydrogen-bond donors (Lipinski definition) is 1. The molecule has 0 bridgehead atoms. The van der Waals surface area contributed by atoms with Crippen molar-refractivity contribution in [2.75, 3.05) is 41.0 Å². The number of rotatable bonds is 6. The Morgan fingerprint density at radius 2 is 1.93 bits per heavy atom. The van der Waals surface area contributed by atoms with E-state index in [2.05, 4.69) is 10.2 Å². The van der Waals surface area contributed by atoms with Gasteiger partial charge in [-0.3, -0.25) is 4.79 Å². The quantitative estimate of drug-likeness (QED) is 0.286. The summed E-state index contributed by atoms with van der Waals surface area (Å²) < 4.78 is 15.7. The van der Waals surface area contributed by atoms with Crippen molar-refractivity contribution >= 4 is 35.9 Å². The summed E-state index contributed by atoms with van der Waals surface area (Å²) in [4.78, 5) is 18.6. The molecule has 2 rings (SSSR count). The van der Waals surface area contributed by atoms with Crippen LogP contribution in [0.25, 0.3) is 0 Å². The number of methoxy groups -OCH3 is 3. The van der Waals surface area contributed by atoms with Crippen molar-refractivity contribution in [2.45, 2.75) is 26.3 Å². The number of halogens is 1. The first-order valence-corrected chi connectivity index (χ1v) is 8.95. The van der Waals surface area contributed by atoms with Gasteiger partial charge in [0.25, 0.3) is 0 Å². The average molecular weight is 491 g/mol. The number of ether oxygens (including phenoxy) is 3. The summed E-state index contributed by atoms with van der Waals surface area (Å²) in [7, 11) is 4.70. The number of para-hydroxylation sites is 1. The summed E-state index contributed by atoms with van der Waals surface area (Å²) in [6, 6.07) is 5.79. The van der Waals surface area contributed by atoms with Crippen LogP contribution >= 0.6 is 24.0 Å².